The number of rotatable bonds is 5. The molecule has 1 N–H and O–H groups in total. The van der Waals surface area contributed by atoms with Gasteiger partial charge in [-0.25, -0.2) is 0 Å². The van der Waals surface area contributed by atoms with Crippen LogP contribution in [-0.2, 0) is 0 Å². The highest BCUT2D eigenvalue weighted by molar-refractivity contribution is 5.65. The number of hydrogen-bond acceptors (Lipinski definition) is 5. The van der Waals surface area contributed by atoms with Crippen LogP contribution in [0.1, 0.15) is 6.42 Å². The van der Waals surface area contributed by atoms with Gasteiger partial charge >= 0.3 is 6.18 Å². The van der Waals surface area contributed by atoms with Crippen molar-refractivity contribution in [2.45, 2.75) is 12.6 Å². The second-order valence-electron chi connectivity index (χ2n) is 3.51. The number of nitro groups is 2. The molecule has 0 aliphatic heterocycles. The van der Waals surface area contributed by atoms with E-state index in [4.69, 9.17) is 0 Å². The van der Waals surface area contributed by atoms with E-state index >= 15 is 0 Å². The topological polar surface area (TPSA) is 98.3 Å². The Hall–Kier alpha value is -2.39. The van der Waals surface area contributed by atoms with Gasteiger partial charge in [-0.2, -0.15) is 13.2 Å². The predicted molar refractivity (Wildman–Crippen MR) is 58.9 cm³/mol. The van der Waals surface area contributed by atoms with Gasteiger partial charge in [0, 0.05) is 12.6 Å². The van der Waals surface area contributed by atoms with E-state index in [-0.39, 0.29) is 5.69 Å². The van der Waals surface area contributed by atoms with Crippen molar-refractivity contribution in [3.8, 4) is 0 Å². The summed E-state index contributed by atoms with van der Waals surface area (Å²) in [6.07, 6.45) is -5.55. The van der Waals surface area contributed by atoms with Crippen molar-refractivity contribution in [1.82, 2.24) is 0 Å². The van der Waals surface area contributed by atoms with Crippen molar-refractivity contribution in [2.75, 3.05) is 11.9 Å². The lowest BCUT2D eigenvalue weighted by atomic mass is 10.2. The molecule has 0 atom stereocenters. The SMILES string of the molecule is O=[N+]([O-])c1ccc(NCCC(F)(F)F)c([N+](=O)[O-])c1. The van der Waals surface area contributed by atoms with Crippen LogP contribution in [0.2, 0.25) is 0 Å². The molecule has 0 saturated carbocycles. The lowest BCUT2D eigenvalue weighted by molar-refractivity contribution is -0.393. The molecule has 0 unspecified atom stereocenters. The molecule has 1 aromatic carbocycles. The van der Waals surface area contributed by atoms with E-state index in [0.717, 1.165) is 12.1 Å². The van der Waals surface area contributed by atoms with Crippen LogP contribution in [0.5, 0.6) is 0 Å². The molecule has 0 heterocycles. The molecule has 7 nitrogen and oxygen atoms in total. The lowest BCUT2D eigenvalue weighted by Gasteiger charge is -2.09. The van der Waals surface area contributed by atoms with Gasteiger partial charge in [0.25, 0.3) is 11.4 Å². The number of nitrogens with zero attached hydrogens (tertiary/aromatic N) is 2. The maximum absolute atomic E-state index is 11.9. The monoisotopic (exact) mass is 279 g/mol. The molecule has 10 heteroatoms. The van der Waals surface area contributed by atoms with Gasteiger partial charge < -0.3 is 5.32 Å². The quantitative estimate of drug-likeness (QED) is 0.660. The maximum atomic E-state index is 11.9. The molecule has 0 saturated heterocycles. The first-order valence-corrected chi connectivity index (χ1v) is 4.94. The summed E-state index contributed by atoms with van der Waals surface area (Å²) in [6.45, 7) is -0.553. The smallest absolute Gasteiger partial charge is 0.379 e. The number of nitrogens with one attached hydrogen (secondary N) is 1. The summed E-state index contributed by atoms with van der Waals surface area (Å²) in [7, 11) is 0. The Morgan fingerprint density at radius 1 is 1.16 bits per heavy atom. The average molecular weight is 279 g/mol. The molecule has 104 valence electrons. The summed E-state index contributed by atoms with van der Waals surface area (Å²) < 4.78 is 35.8. The zero-order valence-electron chi connectivity index (χ0n) is 9.31. The highest BCUT2D eigenvalue weighted by Gasteiger charge is 2.27. The Morgan fingerprint density at radius 2 is 1.79 bits per heavy atom. The van der Waals surface area contributed by atoms with Crippen LogP contribution in [-0.4, -0.2) is 22.6 Å². The standard InChI is InChI=1S/C9H8F3N3O4/c10-9(11,12)3-4-13-7-2-1-6(14(16)17)5-8(7)15(18)19/h1-2,5,13H,3-4H2. The molecule has 1 rings (SSSR count). The number of alkyl halides is 3. The van der Waals surface area contributed by atoms with Crippen LogP contribution in [0, 0.1) is 20.2 Å². The van der Waals surface area contributed by atoms with Crippen LogP contribution >= 0.6 is 0 Å². The van der Waals surface area contributed by atoms with Gasteiger partial charge in [-0.05, 0) is 6.07 Å². The van der Waals surface area contributed by atoms with E-state index in [1.165, 1.54) is 0 Å². The van der Waals surface area contributed by atoms with Crippen molar-refractivity contribution >= 4 is 17.1 Å². The molecule has 0 bridgehead atoms. The number of nitro benzene ring substituents is 2. The van der Waals surface area contributed by atoms with Crippen molar-refractivity contribution < 1.29 is 23.0 Å². The zero-order chi connectivity index (χ0) is 14.6. The molecule has 0 radical (unpaired) electrons. The second-order valence-corrected chi connectivity index (χ2v) is 3.51. The summed E-state index contributed by atoms with van der Waals surface area (Å²) in [5.74, 6) is 0. The van der Waals surface area contributed by atoms with Crippen LogP contribution < -0.4 is 5.32 Å². The highest BCUT2D eigenvalue weighted by atomic mass is 19.4. The normalized spacial score (nSPS) is 11.1. The summed E-state index contributed by atoms with van der Waals surface area (Å²) in [5, 5.41) is 23.4. The molecule has 0 amide bonds. The third-order valence-corrected chi connectivity index (χ3v) is 2.11. The minimum Gasteiger partial charge on any atom is -0.379 e. The summed E-state index contributed by atoms with van der Waals surface area (Å²) in [5.41, 5.74) is -1.34. The molecule has 0 aliphatic carbocycles. The van der Waals surface area contributed by atoms with Crippen molar-refractivity contribution in [3.05, 3.63) is 38.4 Å². The largest absolute Gasteiger partial charge is 0.390 e. The average Bonchev–Trinajstić information content (AvgIpc) is 2.27. The molecule has 19 heavy (non-hydrogen) atoms. The van der Waals surface area contributed by atoms with E-state index in [9.17, 15) is 33.4 Å². The van der Waals surface area contributed by atoms with Crippen molar-refractivity contribution in [2.24, 2.45) is 0 Å². The number of anilines is 1. The molecular formula is C9H8F3N3O4. The Bertz CT molecular complexity index is 504. The van der Waals surface area contributed by atoms with E-state index in [1.54, 1.807) is 0 Å². The van der Waals surface area contributed by atoms with Crippen molar-refractivity contribution in [1.29, 1.82) is 0 Å². The van der Waals surface area contributed by atoms with Crippen LogP contribution in [0.3, 0.4) is 0 Å². The predicted octanol–water partition coefficient (Wildman–Crippen LogP) is 2.87. The molecule has 0 spiro atoms. The first-order chi connectivity index (χ1) is 8.70. The third-order valence-electron chi connectivity index (χ3n) is 2.11. The second kappa shape index (κ2) is 5.50. The Labute approximate surface area is 104 Å². The van der Waals surface area contributed by atoms with Crippen molar-refractivity contribution in [3.63, 3.8) is 0 Å². The minimum absolute atomic E-state index is 0.195. The fraction of sp³-hybridized carbons (Fsp3) is 0.333. The highest BCUT2D eigenvalue weighted by Crippen LogP contribution is 2.29. The van der Waals surface area contributed by atoms with Gasteiger partial charge in [0.1, 0.15) is 5.69 Å². The first kappa shape index (κ1) is 14.7. The molecule has 0 aromatic heterocycles. The minimum atomic E-state index is -4.39. The molecule has 0 fully saturated rings. The van der Waals surface area contributed by atoms with E-state index in [0.29, 0.717) is 6.07 Å². The van der Waals surface area contributed by atoms with Gasteiger partial charge in [-0.1, -0.05) is 0 Å². The fourth-order valence-electron chi connectivity index (χ4n) is 1.27. The number of benzene rings is 1. The van der Waals surface area contributed by atoms with Gasteiger partial charge in [-0.15, -0.1) is 0 Å². The number of halogens is 3. The summed E-state index contributed by atoms with van der Waals surface area (Å²) >= 11 is 0. The summed E-state index contributed by atoms with van der Waals surface area (Å²) in [6, 6.07) is 2.67. The van der Waals surface area contributed by atoms with E-state index in [2.05, 4.69) is 5.32 Å². The van der Waals surface area contributed by atoms with Gasteiger partial charge in [0.05, 0.1) is 22.3 Å². The molecular weight excluding hydrogens is 271 g/mol. The molecule has 1 aromatic rings. The Kier molecular flexibility index (Phi) is 4.25. The third kappa shape index (κ3) is 4.41. The maximum Gasteiger partial charge on any atom is 0.390 e. The van der Waals surface area contributed by atoms with Crippen LogP contribution in [0.25, 0.3) is 0 Å². The van der Waals surface area contributed by atoms with Gasteiger partial charge in [0.2, 0.25) is 0 Å². The number of non-ortho nitro benzene ring substituents is 1. The van der Waals surface area contributed by atoms with Gasteiger partial charge in [-0.3, -0.25) is 20.2 Å². The Balaban J connectivity index is 2.89. The lowest BCUT2D eigenvalue weighted by Crippen LogP contribution is -2.15. The first-order valence-electron chi connectivity index (χ1n) is 4.94. The number of hydrogen-bond donors (Lipinski definition) is 1. The van der Waals surface area contributed by atoms with E-state index < -0.39 is 40.4 Å². The van der Waals surface area contributed by atoms with E-state index in [1.807, 2.05) is 0 Å². The molecule has 0 aliphatic rings. The van der Waals surface area contributed by atoms with Crippen LogP contribution in [0.4, 0.5) is 30.2 Å². The zero-order valence-corrected chi connectivity index (χ0v) is 9.31. The Morgan fingerprint density at radius 3 is 2.26 bits per heavy atom. The summed E-state index contributed by atoms with van der Waals surface area (Å²) in [4.78, 5) is 19.4. The fourth-order valence-corrected chi connectivity index (χ4v) is 1.27. The van der Waals surface area contributed by atoms with Crippen LogP contribution in [0.15, 0.2) is 18.2 Å². The van der Waals surface area contributed by atoms with Gasteiger partial charge in [0.15, 0.2) is 0 Å².